The molecule has 1 aromatic rings. The van der Waals surface area contributed by atoms with Crippen LogP contribution in [0.3, 0.4) is 0 Å². The van der Waals surface area contributed by atoms with E-state index in [0.29, 0.717) is 24.2 Å². The highest BCUT2D eigenvalue weighted by Gasteiger charge is 2.33. The molecule has 2 aliphatic rings. The zero-order valence-electron chi connectivity index (χ0n) is 21.8. The van der Waals surface area contributed by atoms with Gasteiger partial charge >= 0.3 is 17.9 Å². The molecule has 3 rings (SSSR count). The molecule has 0 saturated heterocycles. The van der Waals surface area contributed by atoms with Crippen molar-refractivity contribution in [3.05, 3.63) is 42.5 Å². The third kappa shape index (κ3) is 8.79. The molecule has 2 aliphatic carbocycles. The standard InChI is InChI=1S/C30H42O6/c1-3-7-22-8-10-23(11-9-22)24-12-14-26(15-13-24)30(33)36-27-18-16-25(17-19-27)29(32)35-21-6-5-20-34-28(31)4-2/h4,16-19,22-24,26H,2-3,5-15,20-21H2,1H3. The van der Waals surface area contributed by atoms with Gasteiger partial charge < -0.3 is 14.2 Å². The van der Waals surface area contributed by atoms with Gasteiger partial charge in [0.2, 0.25) is 0 Å². The second-order valence-electron chi connectivity index (χ2n) is 10.3. The zero-order valence-corrected chi connectivity index (χ0v) is 21.8. The van der Waals surface area contributed by atoms with Gasteiger partial charge in [-0.2, -0.15) is 0 Å². The lowest BCUT2D eigenvalue weighted by molar-refractivity contribution is -0.140. The molecular weight excluding hydrogens is 456 g/mol. The van der Waals surface area contributed by atoms with Crippen LogP contribution in [0.4, 0.5) is 0 Å². The SMILES string of the molecule is C=CC(=O)OCCCCOC(=O)c1ccc(OC(=O)C2CCC(C3CCC(CCC)CC3)CC2)cc1. The van der Waals surface area contributed by atoms with Crippen molar-refractivity contribution in [3.8, 4) is 5.75 Å². The van der Waals surface area contributed by atoms with Gasteiger partial charge in [0.05, 0.1) is 24.7 Å². The summed E-state index contributed by atoms with van der Waals surface area (Å²) < 4.78 is 15.7. The minimum Gasteiger partial charge on any atom is -0.463 e. The first-order chi connectivity index (χ1) is 17.5. The maximum absolute atomic E-state index is 12.7. The Morgan fingerprint density at radius 1 is 0.861 bits per heavy atom. The molecule has 198 valence electrons. The van der Waals surface area contributed by atoms with Crippen LogP contribution < -0.4 is 4.74 Å². The Kier molecular flexibility index (Phi) is 11.5. The summed E-state index contributed by atoms with van der Waals surface area (Å²) in [5, 5.41) is 0. The Labute approximate surface area is 215 Å². The average molecular weight is 499 g/mol. The van der Waals surface area contributed by atoms with Crippen LogP contribution in [-0.4, -0.2) is 31.1 Å². The van der Waals surface area contributed by atoms with Gasteiger partial charge in [-0.05, 0) is 93.4 Å². The van der Waals surface area contributed by atoms with E-state index < -0.39 is 11.9 Å². The lowest BCUT2D eigenvalue weighted by atomic mass is 9.69. The molecule has 0 amide bonds. The largest absolute Gasteiger partial charge is 0.463 e. The number of hydrogen-bond acceptors (Lipinski definition) is 6. The summed E-state index contributed by atoms with van der Waals surface area (Å²) in [6, 6.07) is 6.51. The molecule has 0 spiro atoms. The molecule has 0 atom stereocenters. The monoisotopic (exact) mass is 498 g/mol. The number of carbonyl (C=O) groups is 3. The molecular formula is C30H42O6. The number of carbonyl (C=O) groups excluding carboxylic acids is 3. The summed E-state index contributed by atoms with van der Waals surface area (Å²) >= 11 is 0. The summed E-state index contributed by atoms with van der Waals surface area (Å²) in [4.78, 5) is 35.9. The van der Waals surface area contributed by atoms with Crippen molar-refractivity contribution >= 4 is 17.9 Å². The molecule has 6 nitrogen and oxygen atoms in total. The van der Waals surface area contributed by atoms with Gasteiger partial charge in [0, 0.05) is 6.08 Å². The van der Waals surface area contributed by atoms with Crippen LogP contribution in [0.2, 0.25) is 0 Å². The van der Waals surface area contributed by atoms with E-state index in [1.165, 1.54) is 38.5 Å². The number of rotatable bonds is 12. The van der Waals surface area contributed by atoms with Gasteiger partial charge in [-0.3, -0.25) is 4.79 Å². The van der Waals surface area contributed by atoms with Gasteiger partial charge in [0.25, 0.3) is 0 Å². The molecule has 2 saturated carbocycles. The minimum atomic E-state index is -0.458. The summed E-state index contributed by atoms with van der Waals surface area (Å²) in [6.45, 7) is 6.12. The van der Waals surface area contributed by atoms with E-state index in [1.807, 2.05) is 0 Å². The first-order valence-corrected chi connectivity index (χ1v) is 13.8. The van der Waals surface area contributed by atoms with E-state index in [-0.39, 0.29) is 25.1 Å². The predicted molar refractivity (Wildman–Crippen MR) is 139 cm³/mol. The van der Waals surface area contributed by atoms with Gasteiger partial charge in [-0.25, -0.2) is 9.59 Å². The molecule has 1 aromatic carbocycles. The van der Waals surface area contributed by atoms with E-state index in [2.05, 4.69) is 13.5 Å². The normalized spacial score (nSPS) is 23.9. The fourth-order valence-corrected chi connectivity index (χ4v) is 5.73. The molecule has 0 radical (unpaired) electrons. The fraction of sp³-hybridized carbons (Fsp3) is 0.633. The van der Waals surface area contributed by atoms with Crippen LogP contribution in [0.5, 0.6) is 5.75 Å². The smallest absolute Gasteiger partial charge is 0.338 e. The molecule has 6 heteroatoms. The van der Waals surface area contributed by atoms with Crippen molar-refractivity contribution in [2.75, 3.05) is 13.2 Å². The third-order valence-corrected chi connectivity index (χ3v) is 7.85. The lowest BCUT2D eigenvalue weighted by Gasteiger charge is -2.37. The zero-order chi connectivity index (χ0) is 25.8. The van der Waals surface area contributed by atoms with Crippen molar-refractivity contribution in [1.82, 2.24) is 0 Å². The Morgan fingerprint density at radius 3 is 2.03 bits per heavy atom. The first kappa shape index (κ1) is 27.9. The maximum atomic E-state index is 12.7. The van der Waals surface area contributed by atoms with Crippen molar-refractivity contribution in [2.24, 2.45) is 23.7 Å². The third-order valence-electron chi connectivity index (χ3n) is 7.85. The second kappa shape index (κ2) is 14.8. The van der Waals surface area contributed by atoms with E-state index in [4.69, 9.17) is 14.2 Å². The van der Waals surface area contributed by atoms with E-state index in [1.54, 1.807) is 24.3 Å². The minimum absolute atomic E-state index is 0.0342. The van der Waals surface area contributed by atoms with Crippen LogP contribution in [0.15, 0.2) is 36.9 Å². The molecule has 2 fully saturated rings. The molecule has 0 unspecified atom stereocenters. The van der Waals surface area contributed by atoms with E-state index in [0.717, 1.165) is 49.5 Å². The van der Waals surface area contributed by atoms with Crippen molar-refractivity contribution in [3.63, 3.8) is 0 Å². The Hall–Kier alpha value is -2.63. The summed E-state index contributed by atoms with van der Waals surface area (Å²) in [7, 11) is 0. The fourth-order valence-electron chi connectivity index (χ4n) is 5.73. The van der Waals surface area contributed by atoms with Gasteiger partial charge in [-0.15, -0.1) is 0 Å². The number of benzene rings is 1. The number of ether oxygens (including phenoxy) is 3. The number of hydrogen-bond donors (Lipinski definition) is 0. The van der Waals surface area contributed by atoms with Crippen molar-refractivity contribution in [1.29, 1.82) is 0 Å². The van der Waals surface area contributed by atoms with E-state index in [9.17, 15) is 14.4 Å². The average Bonchev–Trinajstić information content (AvgIpc) is 2.91. The highest BCUT2D eigenvalue weighted by Crippen LogP contribution is 2.42. The molecule has 36 heavy (non-hydrogen) atoms. The second-order valence-corrected chi connectivity index (χ2v) is 10.3. The topological polar surface area (TPSA) is 78.9 Å². The van der Waals surface area contributed by atoms with Crippen molar-refractivity contribution in [2.45, 2.75) is 84.0 Å². The molecule has 0 aliphatic heterocycles. The highest BCUT2D eigenvalue weighted by molar-refractivity contribution is 5.89. The quantitative estimate of drug-likeness (QED) is 0.139. The van der Waals surface area contributed by atoms with Crippen LogP contribution >= 0.6 is 0 Å². The maximum Gasteiger partial charge on any atom is 0.338 e. The summed E-state index contributed by atoms with van der Waals surface area (Å²) in [6.07, 6.45) is 14.6. The highest BCUT2D eigenvalue weighted by atomic mass is 16.5. The number of esters is 3. The van der Waals surface area contributed by atoms with Crippen molar-refractivity contribution < 1.29 is 28.6 Å². The molecule has 0 aromatic heterocycles. The lowest BCUT2D eigenvalue weighted by Crippen LogP contribution is -2.30. The molecule has 0 N–H and O–H groups in total. The van der Waals surface area contributed by atoms with Crippen LogP contribution in [0.1, 0.15) is 94.3 Å². The van der Waals surface area contributed by atoms with Gasteiger partial charge in [0.1, 0.15) is 5.75 Å². The van der Waals surface area contributed by atoms with Crippen LogP contribution in [0.25, 0.3) is 0 Å². The summed E-state index contributed by atoms with van der Waals surface area (Å²) in [5.41, 5.74) is 0.405. The molecule has 0 heterocycles. The van der Waals surface area contributed by atoms with Gasteiger partial charge in [0.15, 0.2) is 0 Å². The number of unbranched alkanes of at least 4 members (excludes halogenated alkanes) is 1. The predicted octanol–water partition coefficient (Wildman–Crippen LogP) is 6.67. The Morgan fingerprint density at radius 2 is 1.44 bits per heavy atom. The van der Waals surface area contributed by atoms with E-state index >= 15 is 0 Å². The Bertz CT molecular complexity index is 845. The Balaban J connectivity index is 1.33. The van der Waals surface area contributed by atoms with Gasteiger partial charge in [-0.1, -0.05) is 39.2 Å². The van der Waals surface area contributed by atoms with Crippen LogP contribution in [0, 0.1) is 23.7 Å². The molecule has 0 bridgehead atoms. The summed E-state index contributed by atoms with van der Waals surface area (Å²) in [5.74, 6) is 1.92. The van der Waals surface area contributed by atoms with Crippen LogP contribution in [-0.2, 0) is 19.1 Å². The first-order valence-electron chi connectivity index (χ1n) is 13.8.